The van der Waals surface area contributed by atoms with E-state index in [-0.39, 0.29) is 34.6 Å². The number of carbonyl (C=O) groups excluding carboxylic acids is 1. The Balaban J connectivity index is 0.000000771. The molecule has 1 aromatic heterocycles. The van der Waals surface area contributed by atoms with Crippen molar-refractivity contribution < 1.29 is 41.7 Å². The zero-order chi connectivity index (χ0) is 35.1. The molecule has 4 rings (SSSR count). The van der Waals surface area contributed by atoms with Crippen LogP contribution in [0.1, 0.15) is 54.1 Å². The summed E-state index contributed by atoms with van der Waals surface area (Å²) in [6.07, 6.45) is -5.36. The number of primary amides is 1. The second kappa shape index (κ2) is 15.1. The number of halogens is 4. The van der Waals surface area contributed by atoms with Crippen LogP contribution in [0, 0.1) is 11.2 Å². The molecule has 0 saturated heterocycles. The number of aromatic nitrogens is 3. The average molecular weight is 660 g/mol. The van der Waals surface area contributed by atoms with Gasteiger partial charge in [0.25, 0.3) is 0 Å². The van der Waals surface area contributed by atoms with Crippen molar-refractivity contribution in [1.29, 1.82) is 5.41 Å². The van der Waals surface area contributed by atoms with Crippen LogP contribution in [0.3, 0.4) is 0 Å². The molecule has 0 radical (unpaired) electrons. The molecule has 1 atom stereocenters. The molecule has 0 aliphatic rings. The van der Waals surface area contributed by atoms with Gasteiger partial charge >= 0.3 is 12.1 Å². The Hall–Kier alpha value is -5.67. The van der Waals surface area contributed by atoms with Crippen LogP contribution in [0.25, 0.3) is 11.4 Å². The lowest BCUT2D eigenvalue weighted by Crippen LogP contribution is -2.21. The Kier molecular flexibility index (Phi) is 11.5. The smallest absolute Gasteiger partial charge is 0.490 e. The quantitative estimate of drug-likeness (QED) is 0.0835. The van der Waals surface area contributed by atoms with Gasteiger partial charge in [0, 0.05) is 35.5 Å². The Morgan fingerprint density at radius 3 is 2.23 bits per heavy atom. The van der Waals surface area contributed by atoms with E-state index in [2.05, 4.69) is 10.4 Å². The molecule has 4 aromatic rings. The van der Waals surface area contributed by atoms with E-state index in [9.17, 15) is 18.0 Å². The first-order chi connectivity index (χ1) is 22.0. The van der Waals surface area contributed by atoms with E-state index < -0.39 is 29.9 Å². The summed E-state index contributed by atoms with van der Waals surface area (Å²) in [6, 6.07) is 15.8. The minimum atomic E-state index is -5.08. The Morgan fingerprint density at radius 2 is 1.70 bits per heavy atom. The number of carboxylic acid groups (broad SMARTS) is 1. The lowest BCUT2D eigenvalue weighted by Gasteiger charge is -2.23. The highest BCUT2D eigenvalue weighted by atomic mass is 19.4. The third-order valence-corrected chi connectivity index (χ3v) is 6.26. The van der Waals surface area contributed by atoms with Crippen molar-refractivity contribution >= 4 is 23.4 Å². The number of anilines is 1. The predicted octanol–water partition coefficient (Wildman–Crippen LogP) is 5.02. The molecule has 1 heterocycles. The van der Waals surface area contributed by atoms with Gasteiger partial charge in [0.1, 0.15) is 17.6 Å². The fourth-order valence-corrected chi connectivity index (χ4v) is 4.24. The molecule has 0 fully saturated rings. The Bertz CT molecular complexity index is 1740. The number of alkyl halides is 3. The number of nitrogens with one attached hydrogen (secondary N) is 2. The highest BCUT2D eigenvalue weighted by Gasteiger charge is 2.38. The van der Waals surface area contributed by atoms with Gasteiger partial charge < -0.3 is 31.4 Å². The summed E-state index contributed by atoms with van der Waals surface area (Å²) in [6.45, 7) is 5.83. The number of aliphatic carboxylic acids is 1. The first kappa shape index (κ1) is 35.8. The van der Waals surface area contributed by atoms with Gasteiger partial charge in [0.15, 0.2) is 23.2 Å². The van der Waals surface area contributed by atoms with Gasteiger partial charge in [-0.05, 0) is 57.2 Å². The molecule has 0 aliphatic heterocycles. The SMILES string of the molecule is CCOc1cc(OC(C)C)c(F)c(C(Nc2ccc(C(=N)N)cc2)c2nc(-c3ccccc3C(N)=O)nn2C)c1.O=C(O)C(F)(F)F. The third-order valence-electron chi connectivity index (χ3n) is 6.26. The predicted molar refractivity (Wildman–Crippen MR) is 165 cm³/mol. The maximum absolute atomic E-state index is 16.1. The highest BCUT2D eigenvalue weighted by molar-refractivity contribution is 5.99. The molecule has 0 aliphatic carbocycles. The van der Waals surface area contributed by atoms with E-state index in [1.807, 2.05) is 20.8 Å². The number of hydrogen-bond acceptors (Lipinski definition) is 8. The summed E-state index contributed by atoms with van der Waals surface area (Å²) in [5.41, 5.74) is 13.3. The van der Waals surface area contributed by atoms with Gasteiger partial charge in [-0.3, -0.25) is 14.9 Å². The van der Waals surface area contributed by atoms with Crippen LogP contribution in [0.4, 0.5) is 23.2 Å². The molecule has 12 nitrogen and oxygen atoms in total. The standard InChI is InChI=1S/C29H32FN7O3.C2HF3O2/c1-5-39-19-14-22(24(30)23(15-19)40-16(2)3)25(34-18-12-10-17(11-13-18)26(31)32)29-35-28(36-37(29)4)21-9-7-6-8-20(21)27(33)38;3-2(4,5)1(6)7/h6-16,25,34H,5H2,1-4H3,(H3,31,32)(H2,33,38);(H,6,7). The van der Waals surface area contributed by atoms with Gasteiger partial charge in [-0.15, -0.1) is 0 Å². The molecule has 47 heavy (non-hydrogen) atoms. The fourth-order valence-electron chi connectivity index (χ4n) is 4.24. The van der Waals surface area contributed by atoms with E-state index in [0.29, 0.717) is 35.0 Å². The van der Waals surface area contributed by atoms with Crippen molar-refractivity contribution in [1.82, 2.24) is 14.8 Å². The molecule has 1 amide bonds. The summed E-state index contributed by atoms with van der Waals surface area (Å²) in [5.74, 6) is -2.95. The number of carboxylic acids is 1. The highest BCUT2D eigenvalue weighted by Crippen LogP contribution is 2.36. The maximum Gasteiger partial charge on any atom is 0.490 e. The van der Waals surface area contributed by atoms with Crippen LogP contribution in [-0.4, -0.2) is 56.5 Å². The van der Waals surface area contributed by atoms with Gasteiger partial charge in [-0.25, -0.2) is 14.2 Å². The topological polar surface area (TPSA) is 191 Å². The Labute approximate surface area is 266 Å². The van der Waals surface area contributed by atoms with Crippen LogP contribution in [0.5, 0.6) is 11.5 Å². The van der Waals surface area contributed by atoms with Crippen molar-refractivity contribution in [2.24, 2.45) is 18.5 Å². The lowest BCUT2D eigenvalue weighted by molar-refractivity contribution is -0.192. The van der Waals surface area contributed by atoms with Crippen molar-refractivity contribution in [3.05, 3.63) is 89.0 Å². The molecule has 16 heteroatoms. The number of nitrogen functional groups attached to an aromatic ring is 1. The number of aryl methyl sites for hydroxylation is 1. The lowest BCUT2D eigenvalue weighted by atomic mass is 10.0. The second-order valence-corrected chi connectivity index (χ2v) is 10.1. The monoisotopic (exact) mass is 659 g/mol. The molecule has 1 unspecified atom stereocenters. The van der Waals surface area contributed by atoms with Crippen molar-refractivity contribution in [3.63, 3.8) is 0 Å². The molecule has 250 valence electrons. The van der Waals surface area contributed by atoms with E-state index >= 15 is 4.39 Å². The minimum Gasteiger partial charge on any atom is -0.494 e. The van der Waals surface area contributed by atoms with Gasteiger partial charge in [0.05, 0.1) is 18.3 Å². The summed E-state index contributed by atoms with van der Waals surface area (Å²) in [7, 11) is 1.68. The number of nitrogens with zero attached hydrogens (tertiary/aromatic N) is 3. The van der Waals surface area contributed by atoms with Crippen molar-refractivity contribution in [2.75, 3.05) is 11.9 Å². The minimum absolute atomic E-state index is 0.0381. The number of ether oxygens (including phenoxy) is 2. The fraction of sp³-hybridized carbons (Fsp3) is 0.258. The van der Waals surface area contributed by atoms with E-state index in [4.69, 9.17) is 41.2 Å². The van der Waals surface area contributed by atoms with E-state index in [1.165, 1.54) is 10.7 Å². The number of benzene rings is 3. The van der Waals surface area contributed by atoms with Gasteiger partial charge in [-0.2, -0.15) is 18.3 Å². The van der Waals surface area contributed by atoms with Crippen LogP contribution in [0.15, 0.2) is 60.7 Å². The van der Waals surface area contributed by atoms with E-state index in [0.717, 1.165) is 0 Å². The normalized spacial score (nSPS) is 11.7. The summed E-state index contributed by atoms with van der Waals surface area (Å²) < 4.78 is 60.9. The second-order valence-electron chi connectivity index (χ2n) is 10.1. The van der Waals surface area contributed by atoms with E-state index in [1.54, 1.807) is 61.6 Å². The summed E-state index contributed by atoms with van der Waals surface area (Å²) >= 11 is 0. The first-order valence-electron chi connectivity index (χ1n) is 14.0. The zero-order valence-electron chi connectivity index (χ0n) is 25.7. The van der Waals surface area contributed by atoms with Crippen LogP contribution in [0.2, 0.25) is 0 Å². The zero-order valence-corrected chi connectivity index (χ0v) is 25.7. The molecule has 0 spiro atoms. The molecular formula is C31H33F4N7O5. The Morgan fingerprint density at radius 1 is 1.09 bits per heavy atom. The molecular weight excluding hydrogens is 626 g/mol. The number of hydrogen-bond donors (Lipinski definition) is 5. The van der Waals surface area contributed by atoms with Gasteiger partial charge in [-0.1, -0.05) is 18.2 Å². The van der Waals surface area contributed by atoms with Crippen LogP contribution in [-0.2, 0) is 11.8 Å². The molecule has 3 aromatic carbocycles. The molecule has 0 saturated carbocycles. The number of carbonyl (C=O) groups is 2. The van der Waals surface area contributed by atoms with Crippen molar-refractivity contribution in [3.8, 4) is 22.9 Å². The maximum atomic E-state index is 16.1. The molecule has 0 bridgehead atoms. The summed E-state index contributed by atoms with van der Waals surface area (Å²) in [4.78, 5) is 25.7. The number of amidine groups is 1. The summed E-state index contributed by atoms with van der Waals surface area (Å²) in [5, 5.41) is 22.7. The number of rotatable bonds is 11. The number of nitrogens with two attached hydrogens (primary N) is 2. The largest absolute Gasteiger partial charge is 0.494 e. The van der Waals surface area contributed by atoms with Crippen LogP contribution < -0.4 is 26.3 Å². The van der Waals surface area contributed by atoms with Crippen molar-refractivity contribution in [2.45, 2.75) is 39.1 Å². The van der Waals surface area contributed by atoms with Crippen LogP contribution >= 0.6 is 0 Å². The number of amides is 1. The van der Waals surface area contributed by atoms with Gasteiger partial charge in [0.2, 0.25) is 5.91 Å². The first-order valence-corrected chi connectivity index (χ1v) is 14.0. The third kappa shape index (κ3) is 9.18. The average Bonchev–Trinajstić information content (AvgIpc) is 3.38. The molecule has 7 N–H and O–H groups in total.